The van der Waals surface area contributed by atoms with E-state index in [1.807, 2.05) is 18.2 Å². The Kier molecular flexibility index (Phi) is 10.5. The van der Waals surface area contributed by atoms with Crippen LogP contribution in [0.2, 0.25) is 0 Å². The molecule has 2 aliphatic carbocycles. The largest absolute Gasteiger partial charge is 0.454 e. The number of carbonyl (C=O) groups is 3. The molecule has 0 fully saturated rings. The van der Waals surface area contributed by atoms with Gasteiger partial charge in [0, 0.05) is 36.6 Å². The first kappa shape index (κ1) is 37.1. The van der Waals surface area contributed by atoms with E-state index in [4.69, 9.17) is 18.9 Å². The number of hydrogen-bond acceptors (Lipinski definition) is 9. The number of aryl methyl sites for hydroxylation is 1. The van der Waals surface area contributed by atoms with Crippen LogP contribution in [0.1, 0.15) is 72.1 Å². The van der Waals surface area contributed by atoms with Gasteiger partial charge in [-0.05, 0) is 101 Å². The first-order valence-electron chi connectivity index (χ1n) is 18.2. The van der Waals surface area contributed by atoms with Gasteiger partial charge in [-0.3, -0.25) is 25.5 Å². The number of fused-ring (bicyclic) bond motifs is 5. The van der Waals surface area contributed by atoms with Gasteiger partial charge in [0.05, 0.1) is 28.5 Å². The highest BCUT2D eigenvalue weighted by Crippen LogP contribution is 2.47. The van der Waals surface area contributed by atoms with Crippen molar-refractivity contribution in [1.82, 2.24) is 0 Å². The third-order valence-corrected chi connectivity index (χ3v) is 10.4. The summed E-state index contributed by atoms with van der Waals surface area (Å²) in [6.07, 6.45) is 2.63. The number of amides is 2. The number of nitro groups is 1. The number of esters is 1. The summed E-state index contributed by atoms with van der Waals surface area (Å²) in [5.41, 5.74) is 8.48. The quantitative estimate of drug-likeness (QED) is 0.0571. The molecule has 5 aromatic rings. The normalized spacial score (nSPS) is 15.3. The Labute approximate surface area is 317 Å². The van der Waals surface area contributed by atoms with Crippen LogP contribution in [-0.2, 0) is 62.0 Å². The van der Waals surface area contributed by atoms with E-state index in [9.17, 15) is 24.5 Å². The van der Waals surface area contributed by atoms with Gasteiger partial charge in [0.2, 0.25) is 0 Å². The molecule has 0 radical (unpaired) electrons. The van der Waals surface area contributed by atoms with Crippen LogP contribution in [-0.4, -0.2) is 30.2 Å². The Bertz CT molecular complexity index is 2340. The van der Waals surface area contributed by atoms with Crippen LogP contribution in [0, 0.1) is 10.1 Å². The standard InChI is InChI=1S/C43H41N3O9/c1-4-43(55-26(2)47)17-9-14-28-18-32-19-33-21-36-27(20-34(33)35(32)22-37(28)43)11-8-15-38(36)44-41(48)54-25-31-13-7-12-30(23-52-3)40(31)45-42(49)53-24-29-10-5-6-16-39(29)46(50)51/h5-8,10-13,15-16,18,20-22H,4,9,14,17,19,23-25H2,1-3H3,(H,44,48)(H,45,49)/t43-/m1/s1. The van der Waals surface area contributed by atoms with Crippen LogP contribution in [0.4, 0.5) is 26.7 Å². The smallest absolute Gasteiger partial charge is 0.411 e. The van der Waals surface area contributed by atoms with Crippen molar-refractivity contribution in [3.63, 3.8) is 0 Å². The molecule has 0 bridgehead atoms. The minimum atomic E-state index is -0.841. The SMILES string of the molecule is CC[C@@]1(OC(C)=O)CCCc2cc3c(cc21)-c1cc2cccc(NC(=O)OCc4cccc(COC)c4NC(=O)OCc4ccccc4[N+](=O)[O-])c2cc1C3. The first-order chi connectivity index (χ1) is 26.6. The van der Waals surface area contributed by atoms with E-state index in [2.05, 4.69) is 41.8 Å². The van der Waals surface area contributed by atoms with Gasteiger partial charge in [-0.25, -0.2) is 9.59 Å². The van der Waals surface area contributed by atoms with Crippen LogP contribution in [0.3, 0.4) is 0 Å². The molecule has 0 heterocycles. The molecule has 0 saturated heterocycles. The number of anilines is 2. The molecule has 7 rings (SSSR count). The maximum atomic E-state index is 13.3. The maximum Gasteiger partial charge on any atom is 0.411 e. The second kappa shape index (κ2) is 15.6. The molecule has 0 aromatic heterocycles. The molecule has 12 nitrogen and oxygen atoms in total. The Balaban J connectivity index is 1.07. The molecular weight excluding hydrogens is 702 g/mol. The summed E-state index contributed by atoms with van der Waals surface area (Å²) in [7, 11) is 1.52. The number of para-hydroxylation sites is 2. The second-order valence-corrected chi connectivity index (χ2v) is 13.8. The summed E-state index contributed by atoms with van der Waals surface area (Å²) in [4.78, 5) is 49.2. The van der Waals surface area contributed by atoms with Crippen LogP contribution >= 0.6 is 0 Å². The molecule has 2 aliphatic rings. The lowest BCUT2D eigenvalue weighted by Gasteiger charge is -2.38. The van der Waals surface area contributed by atoms with Gasteiger partial charge >= 0.3 is 18.2 Å². The number of carbonyl (C=O) groups excluding carboxylic acids is 3. The Morgan fingerprint density at radius 3 is 2.22 bits per heavy atom. The maximum absolute atomic E-state index is 13.3. The van der Waals surface area contributed by atoms with E-state index in [1.54, 1.807) is 24.3 Å². The zero-order valence-electron chi connectivity index (χ0n) is 30.9. The summed E-state index contributed by atoms with van der Waals surface area (Å²) in [5.74, 6) is -0.271. The van der Waals surface area contributed by atoms with E-state index in [1.165, 1.54) is 43.4 Å². The van der Waals surface area contributed by atoms with E-state index < -0.39 is 22.7 Å². The second-order valence-electron chi connectivity index (χ2n) is 13.8. The van der Waals surface area contributed by atoms with Crippen molar-refractivity contribution in [2.24, 2.45) is 0 Å². The van der Waals surface area contributed by atoms with Gasteiger partial charge in [0.25, 0.3) is 5.69 Å². The third kappa shape index (κ3) is 7.58. The summed E-state index contributed by atoms with van der Waals surface area (Å²) in [6.45, 7) is 3.20. The number of nitro benzene ring substituents is 1. The van der Waals surface area contributed by atoms with Crippen molar-refractivity contribution < 1.29 is 38.3 Å². The monoisotopic (exact) mass is 743 g/mol. The molecule has 55 heavy (non-hydrogen) atoms. The molecule has 5 aromatic carbocycles. The molecular formula is C43H41N3O9. The lowest BCUT2D eigenvalue weighted by atomic mass is 9.76. The summed E-state index contributed by atoms with van der Waals surface area (Å²) in [6, 6.07) is 25.7. The minimum absolute atomic E-state index is 0.151. The van der Waals surface area contributed by atoms with Crippen LogP contribution in [0.5, 0.6) is 0 Å². The van der Waals surface area contributed by atoms with Gasteiger partial charge < -0.3 is 18.9 Å². The van der Waals surface area contributed by atoms with Gasteiger partial charge in [-0.1, -0.05) is 55.5 Å². The highest BCUT2D eigenvalue weighted by Gasteiger charge is 2.39. The lowest BCUT2D eigenvalue weighted by molar-refractivity contribution is -0.385. The average molecular weight is 744 g/mol. The first-order valence-corrected chi connectivity index (χ1v) is 18.2. The van der Waals surface area contributed by atoms with Gasteiger partial charge in [-0.15, -0.1) is 0 Å². The topological polar surface area (TPSA) is 155 Å². The third-order valence-electron chi connectivity index (χ3n) is 10.4. The van der Waals surface area contributed by atoms with E-state index >= 15 is 0 Å². The Hall–Kier alpha value is -6.27. The zero-order chi connectivity index (χ0) is 38.7. The predicted octanol–water partition coefficient (Wildman–Crippen LogP) is 9.47. The van der Waals surface area contributed by atoms with Crippen molar-refractivity contribution in [3.8, 4) is 11.1 Å². The van der Waals surface area contributed by atoms with Crippen LogP contribution < -0.4 is 10.6 Å². The van der Waals surface area contributed by atoms with Crippen molar-refractivity contribution >= 4 is 46.0 Å². The zero-order valence-corrected chi connectivity index (χ0v) is 30.9. The fourth-order valence-corrected chi connectivity index (χ4v) is 7.92. The van der Waals surface area contributed by atoms with E-state index in [-0.39, 0.29) is 37.0 Å². The molecule has 282 valence electrons. The Morgan fingerprint density at radius 2 is 1.47 bits per heavy atom. The highest BCUT2D eigenvalue weighted by atomic mass is 16.6. The number of ether oxygens (including phenoxy) is 4. The van der Waals surface area contributed by atoms with Crippen molar-refractivity contribution in [2.75, 3.05) is 17.7 Å². The number of benzene rings is 5. The molecule has 0 spiro atoms. The van der Waals surface area contributed by atoms with E-state index in [0.717, 1.165) is 58.7 Å². The summed E-state index contributed by atoms with van der Waals surface area (Å²) in [5, 5.41) is 18.8. The van der Waals surface area contributed by atoms with Gasteiger partial charge in [0.1, 0.15) is 18.8 Å². The van der Waals surface area contributed by atoms with Gasteiger partial charge in [0.15, 0.2) is 0 Å². The summed E-state index contributed by atoms with van der Waals surface area (Å²) < 4.78 is 22.3. The minimum Gasteiger partial charge on any atom is -0.454 e. The fourth-order valence-electron chi connectivity index (χ4n) is 7.92. The molecule has 0 aliphatic heterocycles. The lowest BCUT2D eigenvalue weighted by Crippen LogP contribution is -2.35. The molecule has 0 unspecified atom stereocenters. The van der Waals surface area contributed by atoms with Gasteiger partial charge in [-0.2, -0.15) is 0 Å². The van der Waals surface area contributed by atoms with Crippen molar-refractivity contribution in [3.05, 3.63) is 134 Å². The predicted molar refractivity (Wildman–Crippen MR) is 207 cm³/mol. The number of methoxy groups -OCH3 is 1. The molecule has 12 heteroatoms. The van der Waals surface area contributed by atoms with Crippen molar-refractivity contribution in [1.29, 1.82) is 0 Å². The van der Waals surface area contributed by atoms with Crippen molar-refractivity contribution in [2.45, 2.75) is 71.4 Å². The fraction of sp³-hybridized carbons (Fsp3) is 0.279. The van der Waals surface area contributed by atoms with Crippen LogP contribution in [0.25, 0.3) is 21.9 Å². The van der Waals surface area contributed by atoms with E-state index in [0.29, 0.717) is 28.9 Å². The molecule has 0 saturated carbocycles. The number of nitrogens with zero attached hydrogens (tertiary/aromatic N) is 1. The highest BCUT2D eigenvalue weighted by molar-refractivity contribution is 6.03. The number of hydrogen-bond donors (Lipinski definition) is 2. The molecule has 2 N–H and O–H groups in total. The van der Waals surface area contributed by atoms with Crippen LogP contribution in [0.15, 0.2) is 84.9 Å². The Morgan fingerprint density at radius 1 is 0.800 bits per heavy atom. The molecule has 1 atom stereocenters. The molecule has 2 amide bonds. The number of nitrogens with one attached hydrogen (secondary N) is 2. The number of rotatable bonds is 11. The average Bonchev–Trinajstić information content (AvgIpc) is 3.52. The summed E-state index contributed by atoms with van der Waals surface area (Å²) >= 11 is 0.